The zero-order chi connectivity index (χ0) is 20.5. The number of unbranched alkanes of at least 4 members (excludes halogenated alkanes) is 7. The molecular formula is C24H38O4. The number of esters is 1. The predicted molar refractivity (Wildman–Crippen MR) is 112 cm³/mol. The van der Waals surface area contributed by atoms with Crippen LogP contribution in [-0.4, -0.2) is 33.5 Å². The Balaban J connectivity index is 1.47. The van der Waals surface area contributed by atoms with Crippen molar-refractivity contribution >= 4 is 5.97 Å². The molecule has 1 aromatic carbocycles. The van der Waals surface area contributed by atoms with E-state index >= 15 is 0 Å². The monoisotopic (exact) mass is 390 g/mol. The lowest BCUT2D eigenvalue weighted by molar-refractivity contribution is -0.155. The highest BCUT2D eigenvalue weighted by Crippen LogP contribution is 2.36. The van der Waals surface area contributed by atoms with Crippen molar-refractivity contribution in [2.24, 2.45) is 0 Å². The molecule has 158 valence electrons. The molecule has 0 bridgehead atoms. The first-order chi connectivity index (χ1) is 13.3. The second-order valence-electron chi connectivity index (χ2n) is 8.99. The van der Waals surface area contributed by atoms with E-state index < -0.39 is 17.3 Å². The highest BCUT2D eigenvalue weighted by molar-refractivity contribution is 5.73. The maximum atomic E-state index is 11.4. The first-order valence-corrected chi connectivity index (χ1v) is 11.0. The highest BCUT2D eigenvalue weighted by Gasteiger charge is 2.48. The van der Waals surface area contributed by atoms with Gasteiger partial charge in [-0.15, -0.1) is 0 Å². The van der Waals surface area contributed by atoms with Gasteiger partial charge in [-0.25, -0.2) is 0 Å². The molecule has 0 unspecified atom stereocenters. The Morgan fingerprint density at radius 2 is 1.61 bits per heavy atom. The van der Waals surface area contributed by atoms with Crippen molar-refractivity contribution in [1.29, 1.82) is 0 Å². The minimum Gasteiger partial charge on any atom is -0.456 e. The normalized spacial score (nSPS) is 24.1. The molecule has 1 saturated heterocycles. The molecule has 2 N–H and O–H groups in total. The second-order valence-corrected chi connectivity index (χ2v) is 8.99. The van der Waals surface area contributed by atoms with Gasteiger partial charge in [0.15, 0.2) is 0 Å². The molecule has 0 spiro atoms. The summed E-state index contributed by atoms with van der Waals surface area (Å²) in [4.78, 5) is 11.4. The average Bonchev–Trinajstić information content (AvgIpc) is 2.88. The van der Waals surface area contributed by atoms with Crippen LogP contribution in [-0.2, 0) is 16.0 Å². The van der Waals surface area contributed by atoms with Crippen LogP contribution in [0.1, 0.15) is 90.0 Å². The quantitative estimate of drug-likeness (QED) is 0.369. The number of aliphatic hydroxyl groups is 2. The van der Waals surface area contributed by atoms with E-state index in [9.17, 15) is 15.0 Å². The van der Waals surface area contributed by atoms with E-state index in [0.29, 0.717) is 6.42 Å². The van der Waals surface area contributed by atoms with Crippen molar-refractivity contribution in [3.63, 3.8) is 0 Å². The number of ether oxygens (including phenoxy) is 1. The molecule has 1 aliphatic heterocycles. The third-order valence-corrected chi connectivity index (χ3v) is 5.92. The molecule has 4 heteroatoms. The topological polar surface area (TPSA) is 66.8 Å². The fourth-order valence-corrected chi connectivity index (χ4v) is 4.28. The van der Waals surface area contributed by atoms with Gasteiger partial charge < -0.3 is 14.9 Å². The number of carbonyl (C=O) groups excluding carboxylic acids is 1. The lowest BCUT2D eigenvalue weighted by Gasteiger charge is -2.34. The SMILES string of the molecule is C[C@](O)(CCCCCCCCCCc1ccccc1)C[C@@]1(C)OC(=O)C[C@H]1O. The lowest BCUT2D eigenvalue weighted by atomic mass is 9.83. The Bertz CT molecular complexity index is 584. The summed E-state index contributed by atoms with van der Waals surface area (Å²) in [5.41, 5.74) is -0.443. The van der Waals surface area contributed by atoms with Crippen LogP contribution in [0.4, 0.5) is 0 Å². The van der Waals surface area contributed by atoms with Crippen molar-refractivity contribution in [1.82, 2.24) is 0 Å². The number of carbonyl (C=O) groups is 1. The molecular weight excluding hydrogens is 352 g/mol. The van der Waals surface area contributed by atoms with Crippen LogP contribution in [0, 0.1) is 0 Å². The number of aliphatic hydroxyl groups excluding tert-OH is 1. The van der Waals surface area contributed by atoms with Crippen molar-refractivity contribution in [3.05, 3.63) is 35.9 Å². The minimum atomic E-state index is -0.958. The van der Waals surface area contributed by atoms with Crippen LogP contribution in [0.2, 0.25) is 0 Å². The molecule has 2 rings (SSSR count). The van der Waals surface area contributed by atoms with Crippen molar-refractivity contribution in [3.8, 4) is 0 Å². The summed E-state index contributed by atoms with van der Waals surface area (Å²) in [6, 6.07) is 10.7. The Hall–Kier alpha value is -1.39. The summed E-state index contributed by atoms with van der Waals surface area (Å²) in [7, 11) is 0. The Morgan fingerprint density at radius 3 is 2.18 bits per heavy atom. The van der Waals surface area contributed by atoms with Gasteiger partial charge in [0.2, 0.25) is 0 Å². The van der Waals surface area contributed by atoms with E-state index in [-0.39, 0.29) is 18.8 Å². The zero-order valence-electron chi connectivity index (χ0n) is 17.7. The summed E-state index contributed by atoms with van der Waals surface area (Å²) in [6.45, 7) is 3.50. The number of hydrogen-bond donors (Lipinski definition) is 2. The van der Waals surface area contributed by atoms with E-state index in [1.165, 1.54) is 50.5 Å². The predicted octanol–water partition coefficient (Wildman–Crippen LogP) is 4.95. The highest BCUT2D eigenvalue weighted by atomic mass is 16.6. The molecule has 0 aromatic heterocycles. The van der Waals surface area contributed by atoms with Crippen molar-refractivity contribution in [2.75, 3.05) is 0 Å². The van der Waals surface area contributed by atoms with Gasteiger partial charge in [0.25, 0.3) is 0 Å². The van der Waals surface area contributed by atoms with E-state index in [1.807, 2.05) is 0 Å². The van der Waals surface area contributed by atoms with Crippen molar-refractivity contribution < 1.29 is 19.7 Å². The third kappa shape index (κ3) is 7.92. The molecule has 1 aliphatic rings. The van der Waals surface area contributed by atoms with E-state index in [0.717, 1.165) is 12.8 Å². The second kappa shape index (κ2) is 11.0. The van der Waals surface area contributed by atoms with Gasteiger partial charge in [-0.05, 0) is 38.7 Å². The number of hydrogen-bond acceptors (Lipinski definition) is 4. The Morgan fingerprint density at radius 1 is 1.04 bits per heavy atom. The Labute approximate surface area is 170 Å². The molecule has 28 heavy (non-hydrogen) atoms. The molecule has 1 heterocycles. The van der Waals surface area contributed by atoms with Crippen LogP contribution in [0.25, 0.3) is 0 Å². The lowest BCUT2D eigenvalue weighted by Crippen LogP contribution is -2.44. The number of aryl methyl sites for hydroxylation is 1. The molecule has 4 nitrogen and oxygen atoms in total. The van der Waals surface area contributed by atoms with Crippen molar-refractivity contribution in [2.45, 2.75) is 108 Å². The molecule has 1 aromatic rings. The van der Waals surface area contributed by atoms with E-state index in [1.54, 1.807) is 13.8 Å². The molecule has 0 radical (unpaired) electrons. The summed E-state index contributed by atoms with van der Waals surface area (Å²) in [6.07, 6.45) is 11.0. The largest absolute Gasteiger partial charge is 0.456 e. The summed E-state index contributed by atoms with van der Waals surface area (Å²) < 4.78 is 5.27. The molecule has 0 saturated carbocycles. The summed E-state index contributed by atoms with van der Waals surface area (Å²) in [5.74, 6) is -0.380. The fourth-order valence-electron chi connectivity index (χ4n) is 4.28. The van der Waals surface area contributed by atoms with Crippen LogP contribution >= 0.6 is 0 Å². The average molecular weight is 391 g/mol. The van der Waals surface area contributed by atoms with Gasteiger partial charge in [0.05, 0.1) is 12.0 Å². The van der Waals surface area contributed by atoms with Gasteiger partial charge in [0.1, 0.15) is 11.7 Å². The number of cyclic esters (lactones) is 1. The first kappa shape index (κ1) is 22.9. The number of benzene rings is 1. The maximum Gasteiger partial charge on any atom is 0.309 e. The van der Waals surface area contributed by atoms with Gasteiger partial charge in [-0.1, -0.05) is 75.3 Å². The molecule has 3 atom stereocenters. The summed E-state index contributed by atoms with van der Waals surface area (Å²) in [5, 5.41) is 20.7. The first-order valence-electron chi connectivity index (χ1n) is 11.0. The van der Waals surface area contributed by atoms with E-state index in [4.69, 9.17) is 4.74 Å². The smallest absolute Gasteiger partial charge is 0.309 e. The Kier molecular flexibility index (Phi) is 8.97. The fraction of sp³-hybridized carbons (Fsp3) is 0.708. The third-order valence-electron chi connectivity index (χ3n) is 5.92. The molecule has 0 amide bonds. The zero-order valence-corrected chi connectivity index (χ0v) is 17.7. The van der Waals surface area contributed by atoms with Crippen LogP contribution in [0.15, 0.2) is 30.3 Å². The van der Waals surface area contributed by atoms with Gasteiger partial charge in [0, 0.05) is 6.42 Å². The van der Waals surface area contributed by atoms with E-state index in [2.05, 4.69) is 30.3 Å². The summed E-state index contributed by atoms with van der Waals surface area (Å²) >= 11 is 0. The van der Waals surface area contributed by atoms with Gasteiger partial charge in [-0.3, -0.25) is 4.79 Å². The molecule has 1 fully saturated rings. The minimum absolute atomic E-state index is 0.0257. The molecule has 0 aliphatic carbocycles. The van der Waals surface area contributed by atoms with Crippen LogP contribution in [0.3, 0.4) is 0 Å². The van der Waals surface area contributed by atoms with Crippen LogP contribution < -0.4 is 0 Å². The van der Waals surface area contributed by atoms with Crippen LogP contribution in [0.5, 0.6) is 0 Å². The number of rotatable bonds is 13. The maximum absolute atomic E-state index is 11.4. The standard InChI is InChI=1S/C24H38O4/c1-23(27,19-24(2)21(25)18-22(26)28-24)17-13-8-6-4-3-5-7-10-14-20-15-11-9-12-16-20/h9,11-12,15-16,21,25,27H,3-8,10,13-14,17-19H2,1-2H3/t21-,23+,24-/m1/s1. The van der Waals surface area contributed by atoms with Gasteiger partial charge in [-0.2, -0.15) is 0 Å². The van der Waals surface area contributed by atoms with Gasteiger partial charge >= 0.3 is 5.97 Å².